The second-order valence-corrected chi connectivity index (χ2v) is 4.49. The number of hydrogen-bond donors (Lipinski definition) is 1. The number of benzene rings is 2. The quantitative estimate of drug-likeness (QED) is 0.834. The highest BCUT2D eigenvalue weighted by atomic mass is 32.1. The first-order valence-electron chi connectivity index (χ1n) is 5.51. The van der Waals surface area contributed by atoms with Gasteiger partial charge in [0.25, 0.3) is 5.91 Å². The Morgan fingerprint density at radius 2 is 1.74 bits per heavy atom. The Balaban J connectivity index is 2.28. The van der Waals surface area contributed by atoms with E-state index >= 15 is 0 Å². The van der Waals surface area contributed by atoms with Crippen molar-refractivity contribution in [2.45, 2.75) is 4.90 Å². The van der Waals surface area contributed by atoms with Gasteiger partial charge in [-0.2, -0.15) is 0 Å². The fourth-order valence-corrected chi connectivity index (χ4v) is 1.83. The average molecular weight is 279 g/mol. The van der Waals surface area contributed by atoms with Crippen molar-refractivity contribution < 1.29 is 13.6 Å². The zero-order valence-electron chi connectivity index (χ0n) is 10.1. The minimum Gasteiger partial charge on any atom is -0.311 e. The number of carbonyl (C=O) groups excluding carboxylic acids is 1. The summed E-state index contributed by atoms with van der Waals surface area (Å²) in [5.41, 5.74) is 0.870. The van der Waals surface area contributed by atoms with Gasteiger partial charge in [0.2, 0.25) is 0 Å². The van der Waals surface area contributed by atoms with Crippen molar-refractivity contribution in [1.82, 2.24) is 0 Å². The molecule has 0 aliphatic carbocycles. The molecule has 2 nitrogen and oxygen atoms in total. The molecule has 0 aliphatic heterocycles. The lowest BCUT2D eigenvalue weighted by Crippen LogP contribution is -2.26. The lowest BCUT2D eigenvalue weighted by molar-refractivity contribution is 0.0992. The first-order valence-corrected chi connectivity index (χ1v) is 5.96. The first kappa shape index (κ1) is 13.5. The fraction of sp³-hybridized carbons (Fsp3) is 0.0714. The number of rotatable bonds is 2. The van der Waals surface area contributed by atoms with Gasteiger partial charge in [0, 0.05) is 23.2 Å². The van der Waals surface area contributed by atoms with Gasteiger partial charge in [0.05, 0.1) is 0 Å². The van der Waals surface area contributed by atoms with E-state index in [0.717, 1.165) is 0 Å². The highest BCUT2D eigenvalue weighted by Crippen LogP contribution is 2.19. The third kappa shape index (κ3) is 2.93. The van der Waals surface area contributed by atoms with Crippen molar-refractivity contribution >= 4 is 24.2 Å². The predicted molar refractivity (Wildman–Crippen MR) is 72.8 cm³/mol. The molecule has 5 heteroatoms. The number of thiol groups is 1. The largest absolute Gasteiger partial charge is 0.311 e. The van der Waals surface area contributed by atoms with Gasteiger partial charge in [-0.3, -0.25) is 4.79 Å². The minimum absolute atomic E-state index is 0.110. The molecule has 0 saturated heterocycles. The van der Waals surface area contributed by atoms with Gasteiger partial charge in [-0.15, -0.1) is 12.6 Å². The van der Waals surface area contributed by atoms with Crippen LogP contribution in [0.5, 0.6) is 0 Å². The van der Waals surface area contributed by atoms with Crippen molar-refractivity contribution in [2.24, 2.45) is 0 Å². The molecule has 0 radical (unpaired) electrons. The summed E-state index contributed by atoms with van der Waals surface area (Å²) in [5.74, 6) is -1.17. The van der Waals surface area contributed by atoms with Gasteiger partial charge in [0.1, 0.15) is 11.6 Å². The lowest BCUT2D eigenvalue weighted by atomic mass is 10.2. The molecule has 19 heavy (non-hydrogen) atoms. The molecule has 2 aromatic carbocycles. The van der Waals surface area contributed by atoms with E-state index in [4.69, 9.17) is 0 Å². The molecule has 0 bridgehead atoms. The van der Waals surface area contributed by atoms with Crippen LogP contribution in [0.3, 0.4) is 0 Å². The van der Waals surface area contributed by atoms with Gasteiger partial charge >= 0.3 is 0 Å². The fourth-order valence-electron chi connectivity index (χ4n) is 1.62. The molecule has 0 aliphatic rings. The van der Waals surface area contributed by atoms with Crippen molar-refractivity contribution in [3.05, 3.63) is 59.7 Å². The van der Waals surface area contributed by atoms with Crippen LogP contribution in [0.15, 0.2) is 47.4 Å². The van der Waals surface area contributed by atoms with Gasteiger partial charge < -0.3 is 4.90 Å². The Bertz CT molecular complexity index is 613. The van der Waals surface area contributed by atoms with Crippen LogP contribution in [-0.2, 0) is 0 Å². The number of nitrogens with zero attached hydrogens (tertiary/aromatic N) is 1. The van der Waals surface area contributed by atoms with Gasteiger partial charge in [-0.1, -0.05) is 0 Å². The van der Waals surface area contributed by atoms with Gasteiger partial charge in [-0.05, 0) is 42.5 Å². The molecule has 0 unspecified atom stereocenters. The second-order valence-electron chi connectivity index (χ2n) is 4.01. The smallest absolute Gasteiger partial charge is 0.258 e. The Labute approximate surface area is 115 Å². The molecule has 2 aromatic rings. The van der Waals surface area contributed by atoms with Gasteiger partial charge in [-0.25, -0.2) is 8.78 Å². The molecule has 0 heterocycles. The summed E-state index contributed by atoms with van der Waals surface area (Å²) < 4.78 is 25.9. The van der Waals surface area contributed by atoms with E-state index in [2.05, 4.69) is 12.6 Å². The number of halogens is 2. The molecule has 98 valence electrons. The van der Waals surface area contributed by atoms with E-state index < -0.39 is 5.82 Å². The Morgan fingerprint density at radius 3 is 2.32 bits per heavy atom. The Kier molecular flexibility index (Phi) is 3.85. The molecule has 2 rings (SSSR count). The highest BCUT2D eigenvalue weighted by molar-refractivity contribution is 7.80. The maximum absolute atomic E-state index is 13.1. The van der Waals surface area contributed by atoms with Crippen molar-refractivity contribution in [3.8, 4) is 0 Å². The van der Waals surface area contributed by atoms with Crippen LogP contribution in [-0.4, -0.2) is 13.0 Å². The topological polar surface area (TPSA) is 20.3 Å². The van der Waals surface area contributed by atoms with E-state index in [1.807, 2.05) is 0 Å². The maximum Gasteiger partial charge on any atom is 0.258 e. The normalized spacial score (nSPS) is 10.3. The Hall–Kier alpha value is -1.88. The zero-order chi connectivity index (χ0) is 14.0. The van der Waals surface area contributed by atoms with Crippen LogP contribution >= 0.6 is 12.6 Å². The van der Waals surface area contributed by atoms with Crippen LogP contribution < -0.4 is 4.90 Å². The SMILES string of the molecule is CN(C(=O)c1ccc(F)c(S)c1)c1ccc(F)cc1. The number of anilines is 1. The zero-order valence-corrected chi connectivity index (χ0v) is 11.0. The summed E-state index contributed by atoms with van der Waals surface area (Å²) in [7, 11) is 1.57. The van der Waals surface area contributed by atoms with E-state index in [1.165, 1.54) is 47.4 Å². The monoisotopic (exact) mass is 279 g/mol. The molecule has 0 spiro atoms. The summed E-state index contributed by atoms with van der Waals surface area (Å²) in [6.45, 7) is 0. The standard InChI is InChI=1S/C14H11F2NOS/c1-17(11-5-3-10(15)4-6-11)14(18)9-2-7-12(16)13(19)8-9/h2-8,19H,1H3. The minimum atomic E-state index is -0.482. The van der Waals surface area contributed by atoms with Crippen molar-refractivity contribution in [3.63, 3.8) is 0 Å². The molecule has 0 atom stereocenters. The molecule has 0 saturated carbocycles. The van der Waals surface area contributed by atoms with E-state index in [9.17, 15) is 13.6 Å². The second kappa shape index (κ2) is 5.40. The maximum atomic E-state index is 13.1. The third-order valence-corrected chi connectivity index (χ3v) is 3.05. The summed E-state index contributed by atoms with van der Waals surface area (Å²) in [6.07, 6.45) is 0. The summed E-state index contributed by atoms with van der Waals surface area (Å²) in [5, 5.41) is 0. The summed E-state index contributed by atoms with van der Waals surface area (Å²) in [6, 6.07) is 9.48. The third-order valence-electron chi connectivity index (χ3n) is 2.71. The van der Waals surface area contributed by atoms with Crippen LogP contribution in [0, 0.1) is 11.6 Å². The van der Waals surface area contributed by atoms with Crippen molar-refractivity contribution in [1.29, 1.82) is 0 Å². The molecule has 1 amide bonds. The van der Waals surface area contributed by atoms with Crippen LogP contribution in [0.4, 0.5) is 14.5 Å². The van der Waals surface area contributed by atoms with E-state index in [-0.39, 0.29) is 16.6 Å². The van der Waals surface area contributed by atoms with E-state index in [0.29, 0.717) is 11.3 Å². The first-order chi connectivity index (χ1) is 8.99. The highest BCUT2D eigenvalue weighted by Gasteiger charge is 2.14. The predicted octanol–water partition coefficient (Wildman–Crippen LogP) is 3.53. The average Bonchev–Trinajstić information content (AvgIpc) is 2.41. The summed E-state index contributed by atoms with van der Waals surface area (Å²) in [4.78, 5) is 13.6. The molecule has 0 N–H and O–H groups in total. The van der Waals surface area contributed by atoms with Crippen LogP contribution in [0.2, 0.25) is 0 Å². The van der Waals surface area contributed by atoms with E-state index in [1.54, 1.807) is 7.05 Å². The molecule has 0 aromatic heterocycles. The summed E-state index contributed by atoms with van der Waals surface area (Å²) >= 11 is 3.94. The number of hydrogen-bond acceptors (Lipinski definition) is 2. The lowest BCUT2D eigenvalue weighted by Gasteiger charge is -2.17. The number of amides is 1. The van der Waals surface area contributed by atoms with Crippen LogP contribution in [0.1, 0.15) is 10.4 Å². The Morgan fingerprint density at radius 1 is 1.11 bits per heavy atom. The van der Waals surface area contributed by atoms with Crippen molar-refractivity contribution in [2.75, 3.05) is 11.9 Å². The van der Waals surface area contributed by atoms with Crippen LogP contribution in [0.25, 0.3) is 0 Å². The molecular weight excluding hydrogens is 268 g/mol. The molecular formula is C14H11F2NOS. The number of carbonyl (C=O) groups is 1. The van der Waals surface area contributed by atoms with Gasteiger partial charge in [0.15, 0.2) is 0 Å². The molecule has 0 fully saturated rings.